The van der Waals surface area contributed by atoms with E-state index in [1.54, 1.807) is 24.3 Å². The molecule has 0 unspecified atom stereocenters. The van der Waals surface area contributed by atoms with Gasteiger partial charge in [0, 0.05) is 17.2 Å². The number of benzene rings is 2. The average Bonchev–Trinajstić information content (AvgIpc) is 2.60. The van der Waals surface area contributed by atoms with Crippen molar-refractivity contribution in [3.63, 3.8) is 0 Å². The third-order valence-electron chi connectivity index (χ3n) is 3.69. The summed E-state index contributed by atoms with van der Waals surface area (Å²) in [4.78, 5) is 12.3. The summed E-state index contributed by atoms with van der Waals surface area (Å²) in [7, 11) is -3.87. The number of sulfonamides is 1. The van der Waals surface area contributed by atoms with E-state index in [1.165, 1.54) is 18.2 Å². The second-order valence-electron chi connectivity index (χ2n) is 7.20. The number of carbonyl (C=O) groups excluding carboxylic acids is 1. The van der Waals surface area contributed by atoms with Crippen molar-refractivity contribution in [3.05, 3.63) is 48.0 Å². The molecule has 2 N–H and O–H groups in total. The smallest absolute Gasteiger partial charge is 0.261 e. The first kappa shape index (κ1) is 19.0. The van der Waals surface area contributed by atoms with Crippen LogP contribution in [0.3, 0.4) is 0 Å². The van der Waals surface area contributed by atoms with Gasteiger partial charge >= 0.3 is 0 Å². The molecule has 0 saturated carbocycles. The van der Waals surface area contributed by atoms with Crippen LogP contribution in [0.2, 0.25) is 0 Å². The molecule has 0 aliphatic carbocycles. The zero-order chi connectivity index (χ0) is 19.7. The van der Waals surface area contributed by atoms with Gasteiger partial charge in [-0.05, 0) is 51.1 Å². The summed E-state index contributed by atoms with van der Waals surface area (Å²) < 4.78 is 38.8. The van der Waals surface area contributed by atoms with Gasteiger partial charge in [-0.3, -0.25) is 9.52 Å². The van der Waals surface area contributed by atoms with E-state index in [0.29, 0.717) is 30.4 Å². The van der Waals surface area contributed by atoms with Crippen molar-refractivity contribution in [2.45, 2.75) is 31.2 Å². The minimum absolute atomic E-state index is 0.000974. The van der Waals surface area contributed by atoms with E-state index < -0.39 is 15.6 Å². The number of anilines is 1. The molecule has 1 heterocycles. The summed E-state index contributed by atoms with van der Waals surface area (Å²) in [5.74, 6) is 0.726. The topological polar surface area (TPSA) is 93.7 Å². The van der Waals surface area contributed by atoms with Crippen molar-refractivity contribution in [1.82, 2.24) is 5.32 Å². The highest BCUT2D eigenvalue weighted by molar-refractivity contribution is 7.92. The molecular weight excluding hydrogens is 368 g/mol. The molecule has 1 aliphatic heterocycles. The lowest BCUT2D eigenvalue weighted by Crippen LogP contribution is -2.40. The Kier molecular flexibility index (Phi) is 5.01. The molecule has 0 saturated heterocycles. The highest BCUT2D eigenvalue weighted by Gasteiger charge is 2.20. The standard InChI is InChI=1S/C19H22N2O5S/c1-19(2,3)20-18(22)13-5-4-6-15(11-13)27(23,24)21-14-7-8-16-17(12-14)26-10-9-25-16/h4-8,11-12,21H,9-10H2,1-3H3,(H,20,22). The fourth-order valence-electron chi connectivity index (χ4n) is 2.54. The first-order valence-corrected chi connectivity index (χ1v) is 9.97. The maximum Gasteiger partial charge on any atom is 0.261 e. The molecule has 0 bridgehead atoms. The van der Waals surface area contributed by atoms with Gasteiger partial charge < -0.3 is 14.8 Å². The van der Waals surface area contributed by atoms with E-state index in [0.717, 1.165) is 0 Å². The number of hydrogen-bond acceptors (Lipinski definition) is 5. The number of ether oxygens (including phenoxy) is 2. The van der Waals surface area contributed by atoms with E-state index in [-0.39, 0.29) is 16.4 Å². The zero-order valence-electron chi connectivity index (χ0n) is 15.4. The van der Waals surface area contributed by atoms with Crippen LogP contribution in [-0.2, 0) is 10.0 Å². The molecule has 144 valence electrons. The Morgan fingerprint density at radius 1 is 1.00 bits per heavy atom. The first-order valence-electron chi connectivity index (χ1n) is 8.49. The Morgan fingerprint density at radius 2 is 1.70 bits per heavy atom. The molecule has 0 spiro atoms. The summed E-state index contributed by atoms with van der Waals surface area (Å²) in [6.07, 6.45) is 0. The minimum atomic E-state index is -3.87. The van der Waals surface area contributed by atoms with Crippen LogP contribution < -0.4 is 19.5 Å². The van der Waals surface area contributed by atoms with Crippen LogP contribution in [0.15, 0.2) is 47.4 Å². The van der Waals surface area contributed by atoms with Crippen LogP contribution in [0.25, 0.3) is 0 Å². The van der Waals surface area contributed by atoms with Gasteiger partial charge in [-0.1, -0.05) is 6.07 Å². The lowest BCUT2D eigenvalue weighted by atomic mass is 10.1. The van der Waals surface area contributed by atoms with Crippen molar-refractivity contribution in [1.29, 1.82) is 0 Å². The molecule has 2 aromatic rings. The maximum atomic E-state index is 12.7. The molecule has 7 nitrogen and oxygen atoms in total. The fraction of sp³-hybridized carbons (Fsp3) is 0.316. The lowest BCUT2D eigenvalue weighted by Gasteiger charge is -2.20. The zero-order valence-corrected chi connectivity index (χ0v) is 16.2. The van der Waals surface area contributed by atoms with Crippen molar-refractivity contribution in [2.24, 2.45) is 0 Å². The molecule has 8 heteroatoms. The van der Waals surface area contributed by atoms with Gasteiger partial charge in [0.1, 0.15) is 13.2 Å². The predicted octanol–water partition coefficient (Wildman–Crippen LogP) is 2.79. The van der Waals surface area contributed by atoms with Crippen LogP contribution in [0.4, 0.5) is 5.69 Å². The number of rotatable bonds is 4. The Morgan fingerprint density at radius 3 is 2.41 bits per heavy atom. The summed E-state index contributed by atoms with van der Waals surface area (Å²) in [5, 5.41) is 2.81. The second kappa shape index (κ2) is 7.11. The highest BCUT2D eigenvalue weighted by Crippen LogP contribution is 2.33. The Balaban J connectivity index is 1.83. The van der Waals surface area contributed by atoms with Crippen molar-refractivity contribution < 1.29 is 22.7 Å². The number of nitrogens with one attached hydrogen (secondary N) is 2. The minimum Gasteiger partial charge on any atom is -0.486 e. The largest absolute Gasteiger partial charge is 0.486 e. The number of fused-ring (bicyclic) bond motifs is 1. The SMILES string of the molecule is CC(C)(C)NC(=O)c1cccc(S(=O)(=O)Nc2ccc3c(c2)OCCO3)c1. The lowest BCUT2D eigenvalue weighted by molar-refractivity contribution is 0.0919. The van der Waals surface area contributed by atoms with E-state index in [9.17, 15) is 13.2 Å². The highest BCUT2D eigenvalue weighted by atomic mass is 32.2. The van der Waals surface area contributed by atoms with E-state index in [4.69, 9.17) is 9.47 Å². The Hall–Kier alpha value is -2.74. The van der Waals surface area contributed by atoms with Gasteiger partial charge in [-0.25, -0.2) is 8.42 Å². The predicted molar refractivity (Wildman–Crippen MR) is 102 cm³/mol. The van der Waals surface area contributed by atoms with Gasteiger partial charge in [-0.15, -0.1) is 0 Å². The molecule has 0 fully saturated rings. The van der Waals surface area contributed by atoms with E-state index in [1.807, 2.05) is 20.8 Å². The molecule has 3 rings (SSSR count). The second-order valence-corrected chi connectivity index (χ2v) is 8.88. The van der Waals surface area contributed by atoms with Crippen LogP contribution >= 0.6 is 0 Å². The third-order valence-corrected chi connectivity index (χ3v) is 5.07. The number of carbonyl (C=O) groups is 1. The van der Waals surface area contributed by atoms with Gasteiger partial charge in [0.25, 0.3) is 15.9 Å². The molecule has 1 amide bonds. The molecular formula is C19H22N2O5S. The quantitative estimate of drug-likeness (QED) is 0.837. The third kappa shape index (κ3) is 4.71. The number of hydrogen-bond donors (Lipinski definition) is 2. The van der Waals surface area contributed by atoms with Crippen LogP contribution in [0.1, 0.15) is 31.1 Å². The van der Waals surface area contributed by atoms with Gasteiger partial charge in [0.2, 0.25) is 0 Å². The van der Waals surface area contributed by atoms with Crippen LogP contribution in [0.5, 0.6) is 11.5 Å². The van der Waals surface area contributed by atoms with Gasteiger partial charge in [0.05, 0.1) is 10.6 Å². The summed E-state index contributed by atoms with van der Waals surface area (Å²) in [6.45, 7) is 6.44. The monoisotopic (exact) mass is 390 g/mol. The Labute approximate surface area is 158 Å². The van der Waals surface area contributed by atoms with Gasteiger partial charge in [-0.2, -0.15) is 0 Å². The van der Waals surface area contributed by atoms with Crippen molar-refractivity contribution in [2.75, 3.05) is 17.9 Å². The summed E-state index contributed by atoms with van der Waals surface area (Å²) in [5.41, 5.74) is 0.203. The van der Waals surface area contributed by atoms with Crippen LogP contribution in [-0.4, -0.2) is 33.1 Å². The summed E-state index contributed by atoms with van der Waals surface area (Å²) >= 11 is 0. The first-order chi connectivity index (χ1) is 12.6. The molecule has 0 atom stereocenters. The molecule has 27 heavy (non-hydrogen) atoms. The van der Waals surface area contributed by atoms with Gasteiger partial charge in [0.15, 0.2) is 11.5 Å². The normalized spacial score (nSPS) is 13.7. The molecule has 2 aromatic carbocycles. The number of amides is 1. The molecule has 1 aliphatic rings. The molecule has 0 radical (unpaired) electrons. The fourth-order valence-corrected chi connectivity index (χ4v) is 3.63. The van der Waals surface area contributed by atoms with Crippen LogP contribution in [0, 0.1) is 0 Å². The Bertz CT molecular complexity index is 964. The van der Waals surface area contributed by atoms with E-state index in [2.05, 4.69) is 10.0 Å². The summed E-state index contributed by atoms with van der Waals surface area (Å²) in [6, 6.07) is 10.7. The van der Waals surface area contributed by atoms with E-state index >= 15 is 0 Å². The van der Waals surface area contributed by atoms with Crippen molar-refractivity contribution in [3.8, 4) is 11.5 Å². The average molecular weight is 390 g/mol. The van der Waals surface area contributed by atoms with Crippen molar-refractivity contribution >= 4 is 21.6 Å². The maximum absolute atomic E-state index is 12.7. The molecule has 0 aromatic heterocycles.